The van der Waals surface area contributed by atoms with Gasteiger partial charge >= 0.3 is 0 Å². The molecule has 0 unspecified atom stereocenters. The van der Waals surface area contributed by atoms with Crippen LogP contribution in [-0.4, -0.2) is 37.1 Å². The van der Waals surface area contributed by atoms with E-state index in [0.29, 0.717) is 36.6 Å². The van der Waals surface area contributed by atoms with Crippen LogP contribution in [-0.2, 0) is 23.0 Å². The third-order valence-electron chi connectivity index (χ3n) is 4.45. The van der Waals surface area contributed by atoms with E-state index in [9.17, 15) is 13.2 Å². The van der Waals surface area contributed by atoms with Crippen LogP contribution in [0.1, 0.15) is 21.7 Å². The molecule has 2 aromatic carbocycles. The summed E-state index contributed by atoms with van der Waals surface area (Å²) in [6.45, 7) is 0.707. The number of carbonyl (C=O) groups excluding carboxylic acids is 1. The molecule has 2 N–H and O–H groups in total. The van der Waals surface area contributed by atoms with Crippen LogP contribution in [0.2, 0.25) is 0 Å². The van der Waals surface area contributed by atoms with E-state index in [2.05, 4.69) is 15.3 Å². The maximum atomic E-state index is 12.4. The number of hydrogen-bond acceptors (Lipinski definition) is 4. The molecule has 7 nitrogen and oxygen atoms in total. The fraction of sp³-hybridized carbons (Fsp3) is 0.222. The van der Waals surface area contributed by atoms with Gasteiger partial charge in [0.15, 0.2) is 0 Å². The summed E-state index contributed by atoms with van der Waals surface area (Å²) in [6, 6.07) is 12.8. The highest BCUT2D eigenvalue weighted by atomic mass is 32.2. The van der Waals surface area contributed by atoms with E-state index in [1.807, 2.05) is 24.3 Å². The zero-order chi connectivity index (χ0) is 18.3. The minimum absolute atomic E-state index is 0.217. The van der Waals surface area contributed by atoms with E-state index in [0.717, 1.165) is 16.6 Å². The first kappa shape index (κ1) is 16.6. The van der Waals surface area contributed by atoms with Crippen molar-refractivity contribution in [3.63, 3.8) is 0 Å². The molecule has 0 saturated carbocycles. The monoisotopic (exact) mass is 370 g/mol. The molecule has 1 aliphatic rings. The molecule has 0 spiro atoms. The van der Waals surface area contributed by atoms with E-state index in [1.54, 1.807) is 18.2 Å². The number of H-pyrrole nitrogens is 1. The molecule has 0 fully saturated rings. The molecule has 4 rings (SSSR count). The second-order valence-corrected chi connectivity index (χ2v) is 8.22. The molecule has 0 saturated heterocycles. The summed E-state index contributed by atoms with van der Waals surface area (Å²) in [5, 5.41) is 2.84. The van der Waals surface area contributed by atoms with Crippen molar-refractivity contribution in [1.82, 2.24) is 15.3 Å². The van der Waals surface area contributed by atoms with Gasteiger partial charge in [0.25, 0.3) is 5.91 Å². The molecule has 1 amide bonds. The summed E-state index contributed by atoms with van der Waals surface area (Å²) in [5.74, 6) is 0.468. The standard InChI is InChI=1S/C18H18N4O3S/c1-26(24,25)22-9-8-12-10-13(6-7-16(12)22)18(23)19-11-17-20-14-4-2-3-5-15(14)21-17/h2-7,10H,8-9,11H2,1H3,(H,19,23)(H,20,21). The van der Waals surface area contributed by atoms with Gasteiger partial charge in [-0.15, -0.1) is 0 Å². The first-order valence-corrected chi connectivity index (χ1v) is 10.1. The number of anilines is 1. The van der Waals surface area contributed by atoms with Crippen molar-refractivity contribution in [2.45, 2.75) is 13.0 Å². The van der Waals surface area contributed by atoms with Gasteiger partial charge in [-0.1, -0.05) is 12.1 Å². The fourth-order valence-corrected chi connectivity index (χ4v) is 4.17. The maximum Gasteiger partial charge on any atom is 0.251 e. The zero-order valence-electron chi connectivity index (χ0n) is 14.2. The summed E-state index contributed by atoms with van der Waals surface area (Å²) >= 11 is 0. The quantitative estimate of drug-likeness (QED) is 0.732. The summed E-state index contributed by atoms with van der Waals surface area (Å²) < 4.78 is 24.9. The van der Waals surface area contributed by atoms with Crippen molar-refractivity contribution in [2.75, 3.05) is 17.1 Å². The number of nitrogens with zero attached hydrogens (tertiary/aromatic N) is 2. The number of hydrogen-bond donors (Lipinski definition) is 2. The largest absolute Gasteiger partial charge is 0.345 e. The predicted molar refractivity (Wildman–Crippen MR) is 99.6 cm³/mol. The molecular formula is C18H18N4O3S. The third-order valence-corrected chi connectivity index (χ3v) is 5.63. The SMILES string of the molecule is CS(=O)(=O)N1CCc2cc(C(=O)NCc3nc4ccccc4[nH]3)ccc21. The lowest BCUT2D eigenvalue weighted by molar-refractivity contribution is 0.0950. The van der Waals surface area contributed by atoms with Crippen LogP contribution in [0, 0.1) is 0 Å². The Bertz CT molecular complexity index is 1070. The van der Waals surface area contributed by atoms with Gasteiger partial charge in [0.1, 0.15) is 5.82 Å². The Morgan fingerprint density at radius 1 is 1.27 bits per heavy atom. The average Bonchev–Trinajstić information content (AvgIpc) is 3.22. The molecule has 2 heterocycles. The number of nitrogens with one attached hydrogen (secondary N) is 2. The van der Waals surface area contributed by atoms with Gasteiger partial charge in [-0.25, -0.2) is 13.4 Å². The number of fused-ring (bicyclic) bond motifs is 2. The molecule has 0 radical (unpaired) electrons. The van der Waals surface area contributed by atoms with E-state index < -0.39 is 10.0 Å². The van der Waals surface area contributed by atoms with Gasteiger partial charge in [0, 0.05) is 12.1 Å². The number of sulfonamides is 1. The average molecular weight is 370 g/mol. The van der Waals surface area contributed by atoms with Crippen molar-refractivity contribution < 1.29 is 13.2 Å². The normalized spacial score (nSPS) is 13.8. The van der Waals surface area contributed by atoms with Crippen LogP contribution in [0.15, 0.2) is 42.5 Å². The Balaban J connectivity index is 1.49. The Morgan fingerprint density at radius 2 is 2.08 bits per heavy atom. The van der Waals surface area contributed by atoms with Gasteiger partial charge < -0.3 is 10.3 Å². The Hall–Kier alpha value is -2.87. The molecule has 3 aromatic rings. The van der Waals surface area contributed by atoms with E-state index >= 15 is 0 Å². The molecule has 26 heavy (non-hydrogen) atoms. The Labute approximate surface area is 151 Å². The lowest BCUT2D eigenvalue weighted by Gasteiger charge is -2.16. The molecule has 134 valence electrons. The van der Waals surface area contributed by atoms with Crippen LogP contribution in [0.25, 0.3) is 11.0 Å². The lowest BCUT2D eigenvalue weighted by atomic mass is 10.1. The number of para-hydroxylation sites is 2. The topological polar surface area (TPSA) is 95.2 Å². The highest BCUT2D eigenvalue weighted by Gasteiger charge is 2.26. The molecule has 0 aliphatic carbocycles. The summed E-state index contributed by atoms with van der Waals surface area (Å²) in [4.78, 5) is 20.0. The molecule has 8 heteroatoms. The Morgan fingerprint density at radius 3 is 2.85 bits per heavy atom. The number of benzene rings is 2. The van der Waals surface area contributed by atoms with Crippen molar-refractivity contribution >= 4 is 32.7 Å². The van der Waals surface area contributed by atoms with Crippen LogP contribution in [0.5, 0.6) is 0 Å². The van der Waals surface area contributed by atoms with E-state index in [1.165, 1.54) is 10.6 Å². The van der Waals surface area contributed by atoms with E-state index in [4.69, 9.17) is 0 Å². The molecule has 0 atom stereocenters. The number of rotatable bonds is 4. The number of aromatic amines is 1. The minimum atomic E-state index is -3.29. The predicted octanol–water partition coefficient (Wildman–Crippen LogP) is 1.81. The van der Waals surface area contributed by atoms with Gasteiger partial charge in [-0.05, 0) is 42.3 Å². The fourth-order valence-electron chi connectivity index (χ4n) is 3.21. The van der Waals surface area contributed by atoms with Gasteiger partial charge in [-0.2, -0.15) is 0 Å². The minimum Gasteiger partial charge on any atom is -0.345 e. The van der Waals surface area contributed by atoms with Gasteiger partial charge in [0.2, 0.25) is 10.0 Å². The third kappa shape index (κ3) is 3.03. The molecule has 1 aliphatic heterocycles. The molecular weight excluding hydrogens is 352 g/mol. The van der Waals surface area contributed by atoms with Crippen molar-refractivity contribution in [3.05, 3.63) is 59.4 Å². The zero-order valence-corrected chi connectivity index (χ0v) is 15.0. The number of imidazole rings is 1. The van der Waals surface area contributed by atoms with Crippen LogP contribution in [0.4, 0.5) is 5.69 Å². The highest BCUT2D eigenvalue weighted by molar-refractivity contribution is 7.92. The molecule has 1 aromatic heterocycles. The summed E-state index contributed by atoms with van der Waals surface area (Å²) in [5.41, 5.74) is 3.81. The van der Waals surface area contributed by atoms with Crippen molar-refractivity contribution in [3.8, 4) is 0 Å². The van der Waals surface area contributed by atoms with Crippen LogP contribution >= 0.6 is 0 Å². The second-order valence-electron chi connectivity index (χ2n) is 6.31. The van der Waals surface area contributed by atoms with Crippen LogP contribution in [0.3, 0.4) is 0 Å². The summed E-state index contributed by atoms with van der Waals surface area (Å²) in [6.07, 6.45) is 1.79. The van der Waals surface area contributed by atoms with Gasteiger partial charge in [0.05, 0.1) is 29.5 Å². The van der Waals surface area contributed by atoms with Crippen molar-refractivity contribution in [2.24, 2.45) is 0 Å². The maximum absolute atomic E-state index is 12.4. The number of aromatic nitrogens is 2. The number of carbonyl (C=O) groups is 1. The first-order chi connectivity index (χ1) is 12.4. The highest BCUT2D eigenvalue weighted by Crippen LogP contribution is 2.30. The summed E-state index contributed by atoms with van der Waals surface area (Å²) in [7, 11) is -3.29. The lowest BCUT2D eigenvalue weighted by Crippen LogP contribution is -2.27. The number of amides is 1. The van der Waals surface area contributed by atoms with E-state index in [-0.39, 0.29) is 5.91 Å². The van der Waals surface area contributed by atoms with Gasteiger partial charge in [-0.3, -0.25) is 9.10 Å². The smallest absolute Gasteiger partial charge is 0.251 e. The molecule has 0 bridgehead atoms. The first-order valence-electron chi connectivity index (χ1n) is 8.24. The Kier molecular flexibility index (Phi) is 3.91. The van der Waals surface area contributed by atoms with Crippen LogP contribution < -0.4 is 9.62 Å². The second kappa shape index (κ2) is 6.14. The van der Waals surface area contributed by atoms with Crippen molar-refractivity contribution in [1.29, 1.82) is 0 Å².